The summed E-state index contributed by atoms with van der Waals surface area (Å²) in [6.07, 6.45) is 2.45. The third-order valence-electron chi connectivity index (χ3n) is 2.42. The normalized spacial score (nSPS) is 20.7. The van der Waals surface area contributed by atoms with Crippen molar-refractivity contribution >= 4 is 11.6 Å². The van der Waals surface area contributed by atoms with Crippen LogP contribution in [0.5, 0.6) is 0 Å². The van der Waals surface area contributed by atoms with Gasteiger partial charge >= 0.3 is 0 Å². The summed E-state index contributed by atoms with van der Waals surface area (Å²) < 4.78 is 5.54. The average molecular weight is 228 g/mol. The topological polar surface area (TPSA) is 47.0 Å². The molecule has 2 heterocycles. The van der Waals surface area contributed by atoms with E-state index in [1.165, 1.54) is 12.8 Å². The molecule has 82 valence electrons. The number of aromatic nitrogens is 2. The molecule has 2 rings (SSSR count). The molecular weight excluding hydrogens is 214 g/mol. The van der Waals surface area contributed by atoms with Crippen LogP contribution in [0.15, 0.2) is 12.1 Å². The average Bonchev–Trinajstić information content (AvgIpc) is 2.74. The summed E-state index contributed by atoms with van der Waals surface area (Å²) in [6, 6.07) is 4.06. The van der Waals surface area contributed by atoms with Gasteiger partial charge in [-0.3, -0.25) is 0 Å². The Bertz CT molecular complexity index is 298. The highest BCUT2D eigenvalue weighted by atomic mass is 35.5. The van der Waals surface area contributed by atoms with Gasteiger partial charge in [0, 0.05) is 6.04 Å². The lowest BCUT2D eigenvalue weighted by atomic mass is 10.2. The van der Waals surface area contributed by atoms with Crippen molar-refractivity contribution in [3.8, 4) is 0 Å². The Morgan fingerprint density at radius 3 is 3.07 bits per heavy atom. The standard InChI is InChI=1S/C10H14ClN3O/c11-10-4-3-9(13-14-10)7-15-6-8-2-1-5-12-8/h3-4,8,12H,1-2,5-7H2/t8-/m1/s1. The second kappa shape index (κ2) is 5.39. The van der Waals surface area contributed by atoms with E-state index in [1.807, 2.05) is 6.07 Å². The number of rotatable bonds is 4. The summed E-state index contributed by atoms with van der Waals surface area (Å²) >= 11 is 5.62. The van der Waals surface area contributed by atoms with Crippen LogP contribution >= 0.6 is 11.6 Å². The largest absolute Gasteiger partial charge is 0.373 e. The summed E-state index contributed by atoms with van der Waals surface area (Å²) in [5, 5.41) is 11.4. The summed E-state index contributed by atoms with van der Waals surface area (Å²) in [5.74, 6) is 0. The Labute approximate surface area is 94.0 Å². The van der Waals surface area contributed by atoms with Crippen molar-refractivity contribution in [1.29, 1.82) is 0 Å². The first kappa shape index (κ1) is 10.8. The maximum absolute atomic E-state index is 5.62. The molecule has 0 bridgehead atoms. The van der Waals surface area contributed by atoms with E-state index >= 15 is 0 Å². The molecule has 1 aromatic rings. The third kappa shape index (κ3) is 3.41. The quantitative estimate of drug-likeness (QED) is 0.845. The Morgan fingerprint density at radius 2 is 2.40 bits per heavy atom. The fraction of sp³-hybridized carbons (Fsp3) is 0.600. The minimum atomic E-state index is 0.413. The first-order valence-electron chi connectivity index (χ1n) is 5.14. The van der Waals surface area contributed by atoms with Crippen molar-refractivity contribution in [2.45, 2.75) is 25.5 Å². The minimum Gasteiger partial charge on any atom is -0.373 e. The van der Waals surface area contributed by atoms with E-state index in [0.717, 1.165) is 18.8 Å². The maximum Gasteiger partial charge on any atom is 0.151 e. The zero-order chi connectivity index (χ0) is 10.5. The molecule has 5 heteroatoms. The van der Waals surface area contributed by atoms with Gasteiger partial charge in [0.1, 0.15) is 0 Å². The Kier molecular flexibility index (Phi) is 3.88. The number of nitrogens with one attached hydrogen (secondary N) is 1. The van der Waals surface area contributed by atoms with Gasteiger partial charge in [0.15, 0.2) is 5.15 Å². The first-order valence-corrected chi connectivity index (χ1v) is 5.51. The fourth-order valence-corrected chi connectivity index (χ4v) is 1.73. The Hall–Kier alpha value is -0.710. The summed E-state index contributed by atoms with van der Waals surface area (Å²) in [6.45, 7) is 2.35. The summed E-state index contributed by atoms with van der Waals surface area (Å²) in [5.41, 5.74) is 0.817. The number of ether oxygens (including phenoxy) is 1. The molecule has 0 aliphatic carbocycles. The predicted octanol–water partition coefficient (Wildman–Crippen LogP) is 1.40. The summed E-state index contributed by atoms with van der Waals surface area (Å²) in [4.78, 5) is 0. The van der Waals surface area contributed by atoms with Gasteiger partial charge in [-0.1, -0.05) is 11.6 Å². The van der Waals surface area contributed by atoms with Gasteiger partial charge < -0.3 is 10.1 Å². The van der Waals surface area contributed by atoms with Gasteiger partial charge in [0.05, 0.1) is 18.9 Å². The zero-order valence-corrected chi connectivity index (χ0v) is 9.20. The van der Waals surface area contributed by atoms with Crippen LogP contribution in [0.3, 0.4) is 0 Å². The van der Waals surface area contributed by atoms with Crippen LogP contribution < -0.4 is 5.32 Å². The lowest BCUT2D eigenvalue weighted by molar-refractivity contribution is 0.100. The van der Waals surface area contributed by atoms with Gasteiger partial charge in [-0.05, 0) is 31.5 Å². The fourth-order valence-electron chi connectivity index (χ4n) is 1.63. The van der Waals surface area contributed by atoms with Gasteiger partial charge in [-0.25, -0.2) is 0 Å². The second-order valence-corrected chi connectivity index (χ2v) is 4.04. The van der Waals surface area contributed by atoms with E-state index < -0.39 is 0 Å². The van der Waals surface area contributed by atoms with Crippen LogP contribution in [0.4, 0.5) is 0 Å². The van der Waals surface area contributed by atoms with Crippen LogP contribution in [0.1, 0.15) is 18.5 Å². The number of hydrogen-bond acceptors (Lipinski definition) is 4. The molecule has 0 radical (unpaired) electrons. The molecule has 0 saturated carbocycles. The first-order chi connectivity index (χ1) is 7.34. The highest BCUT2D eigenvalue weighted by Crippen LogP contribution is 2.07. The molecule has 1 aliphatic heterocycles. The molecule has 1 aliphatic rings. The van der Waals surface area contributed by atoms with Crippen molar-refractivity contribution in [2.24, 2.45) is 0 Å². The number of halogens is 1. The minimum absolute atomic E-state index is 0.413. The van der Waals surface area contributed by atoms with Crippen LogP contribution in [0.25, 0.3) is 0 Å². The molecular formula is C10H14ClN3O. The lowest BCUT2D eigenvalue weighted by Gasteiger charge is -2.09. The monoisotopic (exact) mass is 227 g/mol. The van der Waals surface area contributed by atoms with E-state index in [-0.39, 0.29) is 0 Å². The highest BCUT2D eigenvalue weighted by Gasteiger charge is 2.13. The van der Waals surface area contributed by atoms with E-state index in [9.17, 15) is 0 Å². The van der Waals surface area contributed by atoms with E-state index in [4.69, 9.17) is 16.3 Å². The predicted molar refractivity (Wildman–Crippen MR) is 57.7 cm³/mol. The van der Waals surface area contributed by atoms with Crippen LogP contribution in [0.2, 0.25) is 5.15 Å². The van der Waals surface area contributed by atoms with Crippen LogP contribution in [-0.2, 0) is 11.3 Å². The number of nitrogens with zero attached hydrogens (tertiary/aromatic N) is 2. The van der Waals surface area contributed by atoms with E-state index in [0.29, 0.717) is 17.8 Å². The molecule has 0 unspecified atom stereocenters. The van der Waals surface area contributed by atoms with Crippen molar-refractivity contribution in [1.82, 2.24) is 15.5 Å². The van der Waals surface area contributed by atoms with E-state index in [1.54, 1.807) is 6.07 Å². The van der Waals surface area contributed by atoms with Gasteiger partial charge in [-0.2, -0.15) is 5.10 Å². The lowest BCUT2D eigenvalue weighted by Crippen LogP contribution is -2.26. The van der Waals surface area contributed by atoms with Crippen molar-refractivity contribution in [2.75, 3.05) is 13.2 Å². The van der Waals surface area contributed by atoms with Crippen molar-refractivity contribution < 1.29 is 4.74 Å². The molecule has 1 fully saturated rings. The molecule has 0 aromatic carbocycles. The van der Waals surface area contributed by atoms with Crippen molar-refractivity contribution in [3.63, 3.8) is 0 Å². The molecule has 1 saturated heterocycles. The van der Waals surface area contributed by atoms with Crippen LogP contribution in [-0.4, -0.2) is 29.4 Å². The van der Waals surface area contributed by atoms with Crippen molar-refractivity contribution in [3.05, 3.63) is 23.0 Å². The molecule has 15 heavy (non-hydrogen) atoms. The maximum atomic E-state index is 5.62. The molecule has 0 amide bonds. The second-order valence-electron chi connectivity index (χ2n) is 3.66. The van der Waals surface area contributed by atoms with Gasteiger partial charge in [0.2, 0.25) is 0 Å². The summed E-state index contributed by atoms with van der Waals surface area (Å²) in [7, 11) is 0. The smallest absolute Gasteiger partial charge is 0.151 e. The third-order valence-corrected chi connectivity index (χ3v) is 2.62. The van der Waals surface area contributed by atoms with Gasteiger partial charge in [-0.15, -0.1) is 5.10 Å². The SMILES string of the molecule is Clc1ccc(COC[C@H]2CCCN2)nn1. The van der Waals surface area contributed by atoms with Crippen LogP contribution in [0, 0.1) is 0 Å². The van der Waals surface area contributed by atoms with E-state index in [2.05, 4.69) is 15.5 Å². The zero-order valence-electron chi connectivity index (χ0n) is 8.45. The Balaban J connectivity index is 1.71. The molecule has 1 atom stereocenters. The molecule has 1 aromatic heterocycles. The van der Waals surface area contributed by atoms with Gasteiger partial charge in [0.25, 0.3) is 0 Å². The highest BCUT2D eigenvalue weighted by molar-refractivity contribution is 6.29. The molecule has 1 N–H and O–H groups in total. The number of hydrogen-bond donors (Lipinski definition) is 1. The molecule has 4 nitrogen and oxygen atoms in total. The molecule has 0 spiro atoms. The Morgan fingerprint density at radius 1 is 1.47 bits per heavy atom.